The van der Waals surface area contributed by atoms with Gasteiger partial charge < -0.3 is 9.52 Å². The minimum Gasteiger partial charge on any atom is -0.502 e. The van der Waals surface area contributed by atoms with Gasteiger partial charge in [0.2, 0.25) is 11.2 Å². The average molecular weight is 377 g/mol. The largest absolute Gasteiger partial charge is 0.502 e. The van der Waals surface area contributed by atoms with E-state index in [-0.39, 0.29) is 11.2 Å². The van der Waals surface area contributed by atoms with Gasteiger partial charge in [0.15, 0.2) is 0 Å². The molecule has 1 N–H and O–H groups in total. The molecule has 1 aliphatic rings. The van der Waals surface area contributed by atoms with Crippen molar-refractivity contribution in [2.24, 2.45) is 0 Å². The van der Waals surface area contributed by atoms with Crippen LogP contribution in [-0.2, 0) is 6.42 Å². The van der Waals surface area contributed by atoms with Gasteiger partial charge in [0.05, 0.1) is 6.26 Å². The van der Waals surface area contributed by atoms with Gasteiger partial charge in [0.25, 0.3) is 0 Å². The van der Waals surface area contributed by atoms with Crippen LogP contribution in [0.25, 0.3) is 0 Å². The lowest BCUT2D eigenvalue weighted by atomic mass is 9.99. The van der Waals surface area contributed by atoms with Crippen molar-refractivity contribution < 1.29 is 9.52 Å². The lowest BCUT2D eigenvalue weighted by molar-refractivity contribution is 0.402. The van der Waals surface area contributed by atoms with E-state index < -0.39 is 0 Å². The van der Waals surface area contributed by atoms with E-state index in [1.807, 2.05) is 0 Å². The first kappa shape index (κ1) is 23.5. The Hall–Kier alpha value is -1.51. The molecule has 0 radical (unpaired) electrons. The van der Waals surface area contributed by atoms with E-state index in [0.29, 0.717) is 12.2 Å². The van der Waals surface area contributed by atoms with Gasteiger partial charge in [-0.25, -0.2) is 0 Å². The third kappa shape index (κ3) is 11.7. The SMILES string of the molecule is C=C1CCCCCCCCCCCCCCC1.CCc1occc(=O)c1O. The summed E-state index contributed by atoms with van der Waals surface area (Å²) >= 11 is 0. The van der Waals surface area contributed by atoms with Crippen molar-refractivity contribution in [3.63, 3.8) is 0 Å². The van der Waals surface area contributed by atoms with Crippen LogP contribution in [0.3, 0.4) is 0 Å². The molecule has 154 valence electrons. The molecule has 0 aromatic carbocycles. The lowest BCUT2D eigenvalue weighted by Gasteiger charge is -2.07. The van der Waals surface area contributed by atoms with E-state index in [1.54, 1.807) is 6.92 Å². The Morgan fingerprint density at radius 3 is 1.63 bits per heavy atom. The van der Waals surface area contributed by atoms with Crippen LogP contribution < -0.4 is 5.43 Å². The maximum Gasteiger partial charge on any atom is 0.226 e. The second kappa shape index (κ2) is 15.5. The predicted octanol–water partition coefficient (Wildman–Crippen LogP) is 7.32. The van der Waals surface area contributed by atoms with Crippen LogP contribution >= 0.6 is 0 Å². The molecule has 1 heterocycles. The predicted molar refractivity (Wildman–Crippen MR) is 114 cm³/mol. The molecule has 0 bridgehead atoms. The number of allylic oxidation sites excluding steroid dienone is 1. The smallest absolute Gasteiger partial charge is 0.226 e. The summed E-state index contributed by atoms with van der Waals surface area (Å²) in [5, 5.41) is 8.99. The molecular formula is C24H40O3. The molecule has 1 aliphatic carbocycles. The second-order valence-electron chi connectivity index (χ2n) is 7.76. The molecule has 0 atom stereocenters. The Morgan fingerprint density at radius 2 is 1.26 bits per heavy atom. The highest BCUT2D eigenvalue weighted by Gasteiger charge is 2.03. The first-order valence-electron chi connectivity index (χ1n) is 11.1. The molecule has 3 heteroatoms. The Bertz CT molecular complexity index is 541. The molecule has 3 nitrogen and oxygen atoms in total. The van der Waals surface area contributed by atoms with Crippen LogP contribution in [0.2, 0.25) is 0 Å². The van der Waals surface area contributed by atoms with Gasteiger partial charge in [-0.05, 0) is 25.7 Å². The average Bonchev–Trinajstić information content (AvgIpc) is 2.66. The zero-order valence-electron chi connectivity index (χ0n) is 17.4. The van der Waals surface area contributed by atoms with Crippen LogP contribution in [0.15, 0.2) is 33.7 Å². The fourth-order valence-corrected chi connectivity index (χ4v) is 3.52. The van der Waals surface area contributed by atoms with Gasteiger partial charge in [-0.15, -0.1) is 0 Å². The maximum atomic E-state index is 10.7. The molecule has 2 rings (SSSR count). The standard InChI is InChI=1S/C17H32.C7H8O3/c1-17-15-13-11-9-7-5-3-2-4-6-8-10-12-14-16-17;1-2-6-7(9)5(8)3-4-10-6/h1-16H2;3-4,9H,2H2,1H3. The van der Waals surface area contributed by atoms with Gasteiger partial charge >= 0.3 is 0 Å². The lowest BCUT2D eigenvalue weighted by Crippen LogP contribution is -1.99. The minimum absolute atomic E-state index is 0.273. The molecule has 0 saturated heterocycles. The number of rotatable bonds is 1. The summed E-state index contributed by atoms with van der Waals surface area (Å²) in [4.78, 5) is 10.7. The third-order valence-electron chi connectivity index (χ3n) is 5.31. The minimum atomic E-state index is -0.386. The Morgan fingerprint density at radius 1 is 0.852 bits per heavy atom. The summed E-state index contributed by atoms with van der Waals surface area (Å²) in [7, 11) is 0. The Labute approximate surface area is 165 Å². The molecule has 1 aromatic heterocycles. The van der Waals surface area contributed by atoms with Gasteiger partial charge in [0, 0.05) is 12.5 Å². The molecule has 0 spiro atoms. The molecule has 0 aliphatic heterocycles. The maximum absolute atomic E-state index is 10.7. The summed E-state index contributed by atoms with van der Waals surface area (Å²) in [5.74, 6) is 0.0671. The molecule has 0 unspecified atom stereocenters. The van der Waals surface area contributed by atoms with Crippen LogP contribution in [0, 0.1) is 0 Å². The van der Waals surface area contributed by atoms with Crippen molar-refractivity contribution in [3.05, 3.63) is 40.5 Å². The highest BCUT2D eigenvalue weighted by atomic mass is 16.4. The normalized spacial score (nSPS) is 18.3. The monoisotopic (exact) mass is 376 g/mol. The molecule has 0 amide bonds. The van der Waals surface area contributed by atoms with E-state index >= 15 is 0 Å². The first-order valence-corrected chi connectivity index (χ1v) is 11.1. The van der Waals surface area contributed by atoms with E-state index in [1.165, 1.54) is 114 Å². The van der Waals surface area contributed by atoms with Crippen molar-refractivity contribution in [1.82, 2.24) is 0 Å². The van der Waals surface area contributed by atoms with Gasteiger partial charge in [0.1, 0.15) is 5.76 Å². The summed E-state index contributed by atoms with van der Waals surface area (Å²) in [6.45, 7) is 6.02. The molecule has 27 heavy (non-hydrogen) atoms. The Kier molecular flexibility index (Phi) is 13.5. The van der Waals surface area contributed by atoms with E-state index in [0.717, 1.165) is 0 Å². The van der Waals surface area contributed by atoms with Crippen LogP contribution in [-0.4, -0.2) is 5.11 Å². The van der Waals surface area contributed by atoms with Crippen LogP contribution in [0.5, 0.6) is 5.75 Å². The van der Waals surface area contributed by atoms with Crippen LogP contribution in [0.4, 0.5) is 0 Å². The topological polar surface area (TPSA) is 50.4 Å². The first-order chi connectivity index (χ1) is 13.1. The fraction of sp³-hybridized carbons (Fsp3) is 0.708. The number of aromatic hydroxyl groups is 1. The summed E-state index contributed by atoms with van der Waals surface area (Å²) < 4.78 is 4.84. The van der Waals surface area contributed by atoms with E-state index in [2.05, 4.69) is 6.58 Å². The van der Waals surface area contributed by atoms with Crippen molar-refractivity contribution in [3.8, 4) is 5.75 Å². The summed E-state index contributed by atoms with van der Waals surface area (Å²) in [6.07, 6.45) is 23.2. The molecule has 1 fully saturated rings. The van der Waals surface area contributed by atoms with E-state index in [4.69, 9.17) is 9.52 Å². The van der Waals surface area contributed by atoms with E-state index in [9.17, 15) is 4.79 Å². The Balaban J connectivity index is 0.000000309. The van der Waals surface area contributed by atoms with Crippen molar-refractivity contribution in [2.75, 3.05) is 0 Å². The van der Waals surface area contributed by atoms with Crippen molar-refractivity contribution >= 4 is 0 Å². The van der Waals surface area contributed by atoms with Gasteiger partial charge in [-0.2, -0.15) is 0 Å². The number of hydrogen-bond acceptors (Lipinski definition) is 3. The zero-order chi connectivity index (χ0) is 19.7. The molecule has 1 aromatic rings. The quantitative estimate of drug-likeness (QED) is 0.522. The third-order valence-corrected chi connectivity index (χ3v) is 5.31. The number of aryl methyl sites for hydroxylation is 1. The van der Waals surface area contributed by atoms with Crippen LogP contribution in [0.1, 0.15) is 109 Å². The molecular weight excluding hydrogens is 336 g/mol. The van der Waals surface area contributed by atoms with Crippen molar-refractivity contribution in [1.29, 1.82) is 0 Å². The summed E-state index contributed by atoms with van der Waals surface area (Å²) in [5.41, 5.74) is 1.13. The highest BCUT2D eigenvalue weighted by molar-refractivity contribution is 5.22. The molecule has 1 saturated carbocycles. The number of hydrogen-bond donors (Lipinski definition) is 1. The van der Waals surface area contributed by atoms with Gasteiger partial charge in [-0.3, -0.25) is 4.79 Å². The van der Waals surface area contributed by atoms with Crippen molar-refractivity contribution in [2.45, 2.75) is 110 Å². The highest BCUT2D eigenvalue weighted by Crippen LogP contribution is 2.18. The van der Waals surface area contributed by atoms with Gasteiger partial charge in [-0.1, -0.05) is 89.7 Å². The zero-order valence-corrected chi connectivity index (χ0v) is 17.4. The second-order valence-corrected chi connectivity index (χ2v) is 7.76. The summed E-state index contributed by atoms with van der Waals surface area (Å²) in [6, 6.07) is 1.19. The fourth-order valence-electron chi connectivity index (χ4n) is 3.52.